The number of carbonyl (C=O) groups excluding carboxylic acids is 3. The highest BCUT2D eigenvalue weighted by atomic mass is 16.7. The second kappa shape index (κ2) is 4.52. The van der Waals surface area contributed by atoms with Gasteiger partial charge < -0.3 is 4.84 Å². The van der Waals surface area contributed by atoms with Crippen LogP contribution < -0.4 is 0 Å². The Labute approximate surface area is 125 Å². The number of benzene rings is 1. The fourth-order valence-corrected chi connectivity index (χ4v) is 2.74. The average molecular weight is 297 g/mol. The van der Waals surface area contributed by atoms with Crippen molar-refractivity contribution in [2.45, 2.75) is 19.4 Å². The van der Waals surface area contributed by atoms with Gasteiger partial charge in [-0.3, -0.25) is 14.3 Å². The van der Waals surface area contributed by atoms with Crippen LogP contribution in [-0.4, -0.2) is 32.6 Å². The molecule has 0 saturated carbocycles. The Morgan fingerprint density at radius 3 is 2.45 bits per heavy atom. The number of hydroxylamine groups is 2. The maximum atomic E-state index is 12.1. The van der Waals surface area contributed by atoms with Gasteiger partial charge in [0.25, 0.3) is 11.8 Å². The van der Waals surface area contributed by atoms with Gasteiger partial charge in [0.2, 0.25) is 0 Å². The van der Waals surface area contributed by atoms with Crippen LogP contribution in [0.1, 0.15) is 43.3 Å². The second-order valence-corrected chi connectivity index (χ2v) is 5.18. The summed E-state index contributed by atoms with van der Waals surface area (Å²) in [6, 6.07) is 7.97. The van der Waals surface area contributed by atoms with E-state index in [1.165, 1.54) is 12.1 Å². The summed E-state index contributed by atoms with van der Waals surface area (Å²) in [5, 5.41) is 4.62. The zero-order valence-electron chi connectivity index (χ0n) is 11.5. The van der Waals surface area contributed by atoms with Gasteiger partial charge in [-0.25, -0.2) is 4.79 Å². The number of carbonyl (C=O) groups is 3. The molecule has 0 spiro atoms. The van der Waals surface area contributed by atoms with E-state index in [1.54, 1.807) is 22.9 Å². The van der Waals surface area contributed by atoms with Crippen LogP contribution in [0.5, 0.6) is 0 Å². The molecule has 2 aliphatic heterocycles. The van der Waals surface area contributed by atoms with Crippen LogP contribution in [0, 0.1) is 0 Å². The van der Waals surface area contributed by atoms with Crippen LogP contribution in [-0.2, 0) is 17.8 Å². The predicted molar refractivity (Wildman–Crippen MR) is 72.9 cm³/mol. The first-order chi connectivity index (χ1) is 10.6. The highest BCUT2D eigenvalue weighted by Gasteiger charge is 2.39. The predicted octanol–water partition coefficient (Wildman–Crippen LogP) is 1.20. The van der Waals surface area contributed by atoms with Crippen molar-refractivity contribution in [1.29, 1.82) is 0 Å². The number of hydrogen-bond donors (Lipinski definition) is 0. The number of imide groups is 1. The zero-order valence-corrected chi connectivity index (χ0v) is 11.5. The Balaban J connectivity index is 1.58. The minimum atomic E-state index is -0.809. The van der Waals surface area contributed by atoms with Crippen molar-refractivity contribution in [3.8, 4) is 0 Å². The zero-order chi connectivity index (χ0) is 15.3. The first kappa shape index (κ1) is 12.8. The second-order valence-electron chi connectivity index (χ2n) is 5.18. The Hall–Kier alpha value is -2.96. The quantitative estimate of drug-likeness (QED) is 0.778. The number of nitrogens with zero attached hydrogens (tertiary/aromatic N) is 3. The molecule has 7 nitrogen and oxygen atoms in total. The Kier molecular flexibility index (Phi) is 2.62. The lowest BCUT2D eigenvalue weighted by atomic mass is 10.1. The van der Waals surface area contributed by atoms with Crippen molar-refractivity contribution < 1.29 is 19.2 Å². The third-order valence-electron chi connectivity index (χ3n) is 3.81. The Bertz CT molecular complexity index is 767. The van der Waals surface area contributed by atoms with Crippen molar-refractivity contribution in [2.75, 3.05) is 0 Å². The number of aromatic nitrogens is 2. The molecule has 22 heavy (non-hydrogen) atoms. The van der Waals surface area contributed by atoms with E-state index in [0.717, 1.165) is 25.1 Å². The average Bonchev–Trinajstić information content (AvgIpc) is 3.17. The van der Waals surface area contributed by atoms with E-state index in [0.29, 0.717) is 5.06 Å². The summed E-state index contributed by atoms with van der Waals surface area (Å²) in [5.41, 5.74) is 1.51. The fourth-order valence-electron chi connectivity index (χ4n) is 2.74. The van der Waals surface area contributed by atoms with E-state index in [1.807, 2.05) is 0 Å². The number of fused-ring (bicyclic) bond motifs is 2. The molecule has 0 N–H and O–H groups in total. The monoisotopic (exact) mass is 297 g/mol. The van der Waals surface area contributed by atoms with Gasteiger partial charge in [0, 0.05) is 12.2 Å². The molecule has 0 radical (unpaired) electrons. The normalized spacial score (nSPS) is 15.9. The number of rotatable bonds is 2. The maximum Gasteiger partial charge on any atom is 0.384 e. The van der Waals surface area contributed by atoms with Crippen molar-refractivity contribution >= 4 is 17.8 Å². The van der Waals surface area contributed by atoms with Gasteiger partial charge in [-0.05, 0) is 31.0 Å². The first-order valence-electron chi connectivity index (χ1n) is 6.92. The van der Waals surface area contributed by atoms with E-state index in [4.69, 9.17) is 4.84 Å². The molecule has 110 valence electrons. The molecular weight excluding hydrogens is 286 g/mol. The van der Waals surface area contributed by atoms with Gasteiger partial charge in [-0.2, -0.15) is 5.10 Å². The number of amides is 2. The molecule has 1 aromatic heterocycles. The van der Waals surface area contributed by atoms with Gasteiger partial charge in [0.05, 0.1) is 11.1 Å². The SMILES string of the molecule is O=C(ON1C(=O)c2ccccc2C1=O)c1cc2n(n1)CCC2. The maximum absolute atomic E-state index is 12.1. The summed E-state index contributed by atoms with van der Waals surface area (Å²) >= 11 is 0. The molecule has 2 aromatic rings. The summed E-state index contributed by atoms with van der Waals surface area (Å²) in [7, 11) is 0. The molecule has 7 heteroatoms. The molecule has 1 aromatic carbocycles. The lowest BCUT2D eigenvalue weighted by Crippen LogP contribution is -2.32. The lowest BCUT2D eigenvalue weighted by Gasteiger charge is -2.11. The van der Waals surface area contributed by atoms with Crippen LogP contribution >= 0.6 is 0 Å². The molecule has 3 heterocycles. The molecule has 4 rings (SSSR count). The molecule has 2 amide bonds. The minimum absolute atomic E-state index is 0.103. The van der Waals surface area contributed by atoms with Crippen LogP contribution in [0.25, 0.3) is 0 Å². The number of hydrogen-bond acceptors (Lipinski definition) is 5. The van der Waals surface area contributed by atoms with Gasteiger partial charge in [-0.1, -0.05) is 17.2 Å². The van der Waals surface area contributed by atoms with Gasteiger partial charge >= 0.3 is 5.97 Å². The van der Waals surface area contributed by atoms with Gasteiger partial charge in [0.15, 0.2) is 5.69 Å². The topological polar surface area (TPSA) is 81.5 Å². The van der Waals surface area contributed by atoms with Gasteiger partial charge in [-0.15, -0.1) is 0 Å². The van der Waals surface area contributed by atoms with E-state index < -0.39 is 17.8 Å². The standard InChI is InChI=1S/C15H11N3O4/c19-13-10-5-1-2-6-11(10)14(20)18(13)22-15(21)12-8-9-4-3-7-17(9)16-12/h1-2,5-6,8H,3-4,7H2. The largest absolute Gasteiger partial charge is 0.384 e. The van der Waals surface area contributed by atoms with Crippen molar-refractivity contribution in [3.63, 3.8) is 0 Å². The summed E-state index contributed by atoms with van der Waals surface area (Å²) in [6.45, 7) is 0.760. The summed E-state index contributed by atoms with van der Waals surface area (Å²) in [6.07, 6.45) is 1.85. The highest BCUT2D eigenvalue weighted by molar-refractivity contribution is 6.21. The van der Waals surface area contributed by atoms with Crippen molar-refractivity contribution in [3.05, 3.63) is 52.8 Å². The van der Waals surface area contributed by atoms with Crippen molar-refractivity contribution in [1.82, 2.24) is 14.8 Å². The molecule has 2 aliphatic rings. The fraction of sp³-hybridized carbons (Fsp3) is 0.200. The van der Waals surface area contributed by atoms with E-state index in [-0.39, 0.29) is 16.8 Å². The highest BCUT2D eigenvalue weighted by Crippen LogP contribution is 2.23. The van der Waals surface area contributed by atoms with E-state index in [2.05, 4.69) is 5.10 Å². The Morgan fingerprint density at radius 1 is 1.14 bits per heavy atom. The molecular formula is C15H11N3O4. The molecule has 0 aliphatic carbocycles. The molecule has 0 bridgehead atoms. The first-order valence-corrected chi connectivity index (χ1v) is 6.92. The van der Waals surface area contributed by atoms with E-state index in [9.17, 15) is 14.4 Å². The molecule has 0 saturated heterocycles. The van der Waals surface area contributed by atoms with Crippen LogP contribution in [0.4, 0.5) is 0 Å². The Morgan fingerprint density at radius 2 is 1.82 bits per heavy atom. The smallest absolute Gasteiger partial charge is 0.322 e. The van der Waals surface area contributed by atoms with Crippen LogP contribution in [0.15, 0.2) is 30.3 Å². The minimum Gasteiger partial charge on any atom is -0.322 e. The summed E-state index contributed by atoms with van der Waals surface area (Å²) in [5.74, 6) is -2.09. The summed E-state index contributed by atoms with van der Waals surface area (Å²) in [4.78, 5) is 41.3. The molecule has 0 atom stereocenters. The molecule has 0 unspecified atom stereocenters. The third kappa shape index (κ3) is 1.75. The van der Waals surface area contributed by atoms with Crippen LogP contribution in [0.2, 0.25) is 0 Å². The van der Waals surface area contributed by atoms with E-state index >= 15 is 0 Å². The number of aryl methyl sites for hydroxylation is 2. The third-order valence-corrected chi connectivity index (χ3v) is 3.81. The van der Waals surface area contributed by atoms with Crippen LogP contribution in [0.3, 0.4) is 0 Å². The molecule has 0 fully saturated rings. The lowest BCUT2D eigenvalue weighted by molar-refractivity contribution is -0.0589. The summed E-state index contributed by atoms with van der Waals surface area (Å²) < 4.78 is 1.74. The van der Waals surface area contributed by atoms with Gasteiger partial charge in [0.1, 0.15) is 0 Å². The van der Waals surface area contributed by atoms with Crippen molar-refractivity contribution in [2.24, 2.45) is 0 Å².